The van der Waals surface area contributed by atoms with E-state index in [0.717, 1.165) is 45.1 Å². The molecule has 0 amide bonds. The van der Waals surface area contributed by atoms with Crippen LogP contribution in [0.3, 0.4) is 0 Å². The van der Waals surface area contributed by atoms with E-state index in [2.05, 4.69) is 4.90 Å². The van der Waals surface area contributed by atoms with E-state index in [4.69, 9.17) is 0 Å². The van der Waals surface area contributed by atoms with Crippen LogP contribution >= 0.6 is 0 Å². The molecular formula is C28H33F4N3O2. The number of phenols is 1. The number of likely N-dealkylation sites (tertiary alicyclic amines) is 1. The quantitative estimate of drug-likeness (QED) is 0.441. The summed E-state index contributed by atoms with van der Waals surface area (Å²) in [6.45, 7) is 3.31. The maximum absolute atomic E-state index is 15.7. The minimum atomic E-state index is -2.64. The van der Waals surface area contributed by atoms with Crippen LogP contribution in [0.5, 0.6) is 5.75 Å². The smallest absolute Gasteiger partial charge is 0.251 e. The Labute approximate surface area is 214 Å². The molecule has 2 aromatic carbocycles. The van der Waals surface area contributed by atoms with Crippen molar-refractivity contribution in [2.24, 2.45) is 5.41 Å². The van der Waals surface area contributed by atoms with Crippen molar-refractivity contribution >= 4 is 12.0 Å². The summed E-state index contributed by atoms with van der Waals surface area (Å²) in [7, 11) is 0. The molecule has 3 aliphatic heterocycles. The second-order valence-electron chi connectivity index (χ2n) is 10.8. The highest BCUT2D eigenvalue weighted by Gasteiger charge is 2.42. The number of anilines is 1. The first kappa shape index (κ1) is 26.0. The highest BCUT2D eigenvalue weighted by molar-refractivity contribution is 5.53. The fraction of sp³-hybridized carbons (Fsp3) is 0.536. The summed E-state index contributed by atoms with van der Waals surface area (Å²) in [6, 6.07) is 6.21. The number of nitrogens with zero attached hydrogens (tertiary/aromatic N) is 3. The molecule has 0 aromatic heterocycles. The highest BCUT2D eigenvalue weighted by atomic mass is 19.3. The molecule has 0 radical (unpaired) electrons. The molecule has 2 aromatic rings. The van der Waals surface area contributed by atoms with Gasteiger partial charge in [-0.05, 0) is 72.9 Å². The van der Waals surface area contributed by atoms with E-state index in [-0.39, 0.29) is 23.3 Å². The van der Waals surface area contributed by atoms with Gasteiger partial charge in [0, 0.05) is 44.0 Å². The van der Waals surface area contributed by atoms with E-state index in [9.17, 15) is 18.7 Å². The molecule has 1 N–H and O–H groups in total. The van der Waals surface area contributed by atoms with Crippen molar-refractivity contribution in [1.82, 2.24) is 9.80 Å². The summed E-state index contributed by atoms with van der Waals surface area (Å²) >= 11 is 0. The first-order valence-corrected chi connectivity index (χ1v) is 13.0. The standard InChI is InChI=1S/C28H33F4N3O2/c29-23-14-20(34-8-1-6-28(7-2-9-34)17-33(18-28)11-12-36)15-24(30)26(23)27-22-4-3-21(37)13-19(22)5-10-35(27)16-25(31)32/h3-4,12-15,25,27,37H,1-2,5-11,16-18H2. The Balaban J connectivity index is 1.37. The third-order valence-corrected chi connectivity index (χ3v) is 8.25. The van der Waals surface area contributed by atoms with Gasteiger partial charge in [-0.25, -0.2) is 17.6 Å². The van der Waals surface area contributed by atoms with Crippen molar-refractivity contribution in [3.05, 3.63) is 58.7 Å². The van der Waals surface area contributed by atoms with Gasteiger partial charge < -0.3 is 14.8 Å². The Morgan fingerprint density at radius 2 is 1.70 bits per heavy atom. The second-order valence-corrected chi connectivity index (χ2v) is 10.8. The zero-order valence-electron chi connectivity index (χ0n) is 20.8. The van der Waals surface area contributed by atoms with Crippen molar-refractivity contribution in [3.63, 3.8) is 0 Å². The van der Waals surface area contributed by atoms with Crippen LogP contribution in [0.25, 0.3) is 0 Å². The first-order valence-electron chi connectivity index (χ1n) is 13.0. The number of carbonyl (C=O) groups excluding carboxylic acids is 1. The summed E-state index contributed by atoms with van der Waals surface area (Å²) in [5, 5.41) is 9.87. The predicted molar refractivity (Wildman–Crippen MR) is 133 cm³/mol. The van der Waals surface area contributed by atoms with Crippen LogP contribution in [0.2, 0.25) is 0 Å². The van der Waals surface area contributed by atoms with Gasteiger partial charge in [0.25, 0.3) is 6.43 Å². The minimum absolute atomic E-state index is 0.0355. The summed E-state index contributed by atoms with van der Waals surface area (Å²) in [4.78, 5) is 16.3. The lowest BCUT2D eigenvalue weighted by atomic mass is 9.72. The van der Waals surface area contributed by atoms with Crippen molar-refractivity contribution in [2.45, 2.75) is 44.6 Å². The molecule has 5 nitrogen and oxygen atoms in total. The van der Waals surface area contributed by atoms with Crippen LogP contribution in [0.1, 0.15) is 48.4 Å². The molecule has 2 fully saturated rings. The van der Waals surface area contributed by atoms with Gasteiger partial charge in [0.2, 0.25) is 0 Å². The normalized spacial score (nSPS) is 22.4. The number of aldehydes is 1. The fourth-order valence-electron chi connectivity index (χ4n) is 6.63. The zero-order chi connectivity index (χ0) is 26.2. The number of phenolic OH excluding ortho intramolecular Hbond substituents is 1. The molecule has 9 heteroatoms. The third kappa shape index (κ3) is 5.34. The summed E-state index contributed by atoms with van der Waals surface area (Å²) < 4.78 is 58.1. The minimum Gasteiger partial charge on any atom is -0.508 e. The van der Waals surface area contributed by atoms with Crippen molar-refractivity contribution < 1.29 is 27.5 Å². The van der Waals surface area contributed by atoms with Crippen LogP contribution in [0.4, 0.5) is 23.2 Å². The van der Waals surface area contributed by atoms with Gasteiger partial charge in [0.15, 0.2) is 0 Å². The molecule has 3 heterocycles. The molecule has 5 rings (SSSR count). The molecule has 200 valence electrons. The molecule has 37 heavy (non-hydrogen) atoms. The van der Waals surface area contributed by atoms with Crippen LogP contribution < -0.4 is 4.90 Å². The third-order valence-electron chi connectivity index (χ3n) is 8.25. The van der Waals surface area contributed by atoms with Crippen LogP contribution in [-0.2, 0) is 11.2 Å². The van der Waals surface area contributed by atoms with Gasteiger partial charge in [-0.2, -0.15) is 0 Å². The number of fused-ring (bicyclic) bond motifs is 1. The Bertz CT molecular complexity index is 1100. The predicted octanol–water partition coefficient (Wildman–Crippen LogP) is 4.76. The Morgan fingerprint density at radius 1 is 1.03 bits per heavy atom. The van der Waals surface area contributed by atoms with Crippen LogP contribution in [0.15, 0.2) is 30.3 Å². The molecule has 3 aliphatic rings. The van der Waals surface area contributed by atoms with E-state index >= 15 is 8.78 Å². The lowest BCUT2D eigenvalue weighted by Gasteiger charge is -2.51. The lowest BCUT2D eigenvalue weighted by Crippen LogP contribution is -2.57. The Morgan fingerprint density at radius 3 is 2.32 bits per heavy atom. The van der Waals surface area contributed by atoms with Crippen LogP contribution in [0, 0.1) is 17.0 Å². The van der Waals surface area contributed by atoms with Gasteiger partial charge >= 0.3 is 0 Å². The number of benzene rings is 2. The second kappa shape index (κ2) is 10.6. The fourth-order valence-corrected chi connectivity index (χ4v) is 6.63. The Kier molecular flexibility index (Phi) is 7.45. The molecule has 1 atom stereocenters. The monoisotopic (exact) mass is 519 g/mol. The summed E-state index contributed by atoms with van der Waals surface area (Å²) in [5.74, 6) is -1.46. The van der Waals surface area contributed by atoms with Crippen molar-refractivity contribution in [2.75, 3.05) is 50.7 Å². The van der Waals surface area contributed by atoms with E-state index in [1.54, 1.807) is 12.1 Å². The van der Waals surface area contributed by atoms with E-state index in [0.29, 0.717) is 42.9 Å². The molecule has 1 spiro atoms. The van der Waals surface area contributed by atoms with Gasteiger partial charge in [-0.3, -0.25) is 9.80 Å². The SMILES string of the molecule is O=CCN1CC2(CCCN(c3cc(F)c(C4c5ccc(O)cc5CCN4CC(F)F)c(F)c3)CCC2)C1. The number of carbonyl (C=O) groups is 1. The van der Waals surface area contributed by atoms with Gasteiger partial charge in [-0.15, -0.1) is 0 Å². The van der Waals surface area contributed by atoms with Crippen molar-refractivity contribution in [1.29, 1.82) is 0 Å². The molecular weight excluding hydrogens is 486 g/mol. The number of hydrogen-bond donors (Lipinski definition) is 1. The average Bonchev–Trinajstić information content (AvgIpc) is 2.80. The van der Waals surface area contributed by atoms with Crippen LogP contribution in [-0.4, -0.2) is 73.4 Å². The lowest BCUT2D eigenvalue weighted by molar-refractivity contribution is -0.112. The first-order chi connectivity index (χ1) is 17.8. The van der Waals surface area contributed by atoms with Gasteiger partial charge in [0.05, 0.1) is 19.1 Å². The molecule has 0 saturated carbocycles. The number of aromatic hydroxyl groups is 1. The summed E-state index contributed by atoms with van der Waals surface area (Å²) in [6.07, 6.45) is 2.51. The van der Waals surface area contributed by atoms with E-state index in [1.807, 2.05) is 4.90 Å². The molecule has 0 aliphatic carbocycles. The molecule has 2 saturated heterocycles. The molecule has 1 unspecified atom stereocenters. The highest BCUT2D eigenvalue weighted by Crippen LogP contribution is 2.42. The van der Waals surface area contributed by atoms with E-state index in [1.165, 1.54) is 23.1 Å². The number of alkyl halides is 2. The number of halogens is 4. The largest absolute Gasteiger partial charge is 0.508 e. The topological polar surface area (TPSA) is 47.0 Å². The van der Waals surface area contributed by atoms with Crippen molar-refractivity contribution in [3.8, 4) is 5.75 Å². The van der Waals surface area contributed by atoms with Gasteiger partial charge in [-0.1, -0.05) is 6.07 Å². The van der Waals surface area contributed by atoms with Gasteiger partial charge in [0.1, 0.15) is 23.7 Å². The Hall–Kier alpha value is -2.65. The molecule has 0 bridgehead atoms. The summed E-state index contributed by atoms with van der Waals surface area (Å²) in [5.41, 5.74) is 1.72. The zero-order valence-corrected chi connectivity index (χ0v) is 20.8. The average molecular weight is 520 g/mol. The maximum Gasteiger partial charge on any atom is 0.251 e. The van der Waals surface area contributed by atoms with E-state index < -0.39 is 30.6 Å². The maximum atomic E-state index is 15.7. The number of hydrogen-bond acceptors (Lipinski definition) is 5. The number of rotatable bonds is 6.